The average molecular weight is 469 g/mol. The summed E-state index contributed by atoms with van der Waals surface area (Å²) in [6.07, 6.45) is 5.95. The minimum Gasteiger partial charge on any atom is -0.462 e. The molecule has 0 radical (unpaired) electrons. The molecule has 4 fully saturated rings. The third-order valence-corrected chi connectivity index (χ3v) is 9.86. The van der Waals surface area contributed by atoms with E-state index in [2.05, 4.69) is 29.8 Å². The van der Waals surface area contributed by atoms with E-state index in [1.807, 2.05) is 0 Å². The molecule has 0 aromatic heterocycles. The van der Waals surface area contributed by atoms with Gasteiger partial charge in [-0.15, -0.1) is 0 Å². The summed E-state index contributed by atoms with van der Waals surface area (Å²) in [5.74, 6) is 1.14. The van der Waals surface area contributed by atoms with E-state index in [4.69, 9.17) is 9.47 Å². The second-order valence-corrected chi connectivity index (χ2v) is 11.6. The predicted octanol–water partition coefficient (Wildman–Crippen LogP) is 4.44. The first kappa shape index (κ1) is 21.3. The summed E-state index contributed by atoms with van der Waals surface area (Å²) in [7, 11) is 0. The van der Waals surface area contributed by atoms with Crippen molar-refractivity contribution in [3.05, 3.63) is 0 Å². The number of ketones is 1. The highest BCUT2D eigenvalue weighted by molar-refractivity contribution is 9.09. The van der Waals surface area contributed by atoms with Gasteiger partial charge in [-0.2, -0.15) is 0 Å². The molecule has 4 rings (SSSR count). The Morgan fingerprint density at radius 3 is 2.31 bits per heavy atom. The molecule has 5 nitrogen and oxygen atoms in total. The Labute approximate surface area is 181 Å². The van der Waals surface area contributed by atoms with Gasteiger partial charge in [-0.1, -0.05) is 29.8 Å². The molecule has 6 heteroatoms. The van der Waals surface area contributed by atoms with Crippen LogP contribution in [0.4, 0.5) is 0 Å². The lowest BCUT2D eigenvalue weighted by atomic mass is 9.45. The standard InChI is InChI=1S/C23H33BrO5/c1-12(25)28-20-10-17-19(27)9-14-15-5-6-21(29-13(2)26)22(15,3)8-7-16(14)23(17,4)11-18(20)24/h14-18,20-21H,5-11H2,1-4H3. The van der Waals surface area contributed by atoms with Crippen LogP contribution in [0.3, 0.4) is 0 Å². The van der Waals surface area contributed by atoms with Crippen LogP contribution in [0.2, 0.25) is 0 Å². The maximum absolute atomic E-state index is 13.3. The summed E-state index contributed by atoms with van der Waals surface area (Å²) in [5.41, 5.74) is -0.0786. The minimum absolute atomic E-state index is 0.0148. The van der Waals surface area contributed by atoms with Crippen LogP contribution in [-0.4, -0.2) is 34.8 Å². The number of rotatable bonds is 2. The first-order valence-corrected chi connectivity index (χ1v) is 12.0. The largest absolute Gasteiger partial charge is 0.462 e. The van der Waals surface area contributed by atoms with Gasteiger partial charge < -0.3 is 9.47 Å². The van der Waals surface area contributed by atoms with Crippen molar-refractivity contribution >= 4 is 33.7 Å². The number of alkyl halides is 1. The summed E-state index contributed by atoms with van der Waals surface area (Å²) >= 11 is 3.77. The van der Waals surface area contributed by atoms with E-state index in [1.165, 1.54) is 13.8 Å². The van der Waals surface area contributed by atoms with Crippen molar-refractivity contribution in [2.75, 3.05) is 0 Å². The number of esters is 2. The zero-order valence-corrected chi connectivity index (χ0v) is 19.5. The van der Waals surface area contributed by atoms with Gasteiger partial charge in [-0.25, -0.2) is 0 Å². The van der Waals surface area contributed by atoms with Gasteiger partial charge in [0.2, 0.25) is 0 Å². The number of Topliss-reactive ketones (excluding diaryl/α,β-unsaturated/α-hetero) is 1. The number of hydrogen-bond acceptors (Lipinski definition) is 5. The maximum atomic E-state index is 13.3. The lowest BCUT2D eigenvalue weighted by molar-refractivity contribution is -0.173. The van der Waals surface area contributed by atoms with E-state index < -0.39 is 0 Å². The molecule has 0 amide bonds. The SMILES string of the molecule is CC(=O)OC1CC2C(=O)CC3C4CCC(OC(C)=O)C4(C)CCC3C2(C)CC1Br. The lowest BCUT2D eigenvalue weighted by Gasteiger charge is -2.60. The number of ether oxygens (including phenoxy) is 2. The molecule has 0 N–H and O–H groups in total. The molecule has 0 aliphatic heterocycles. The molecule has 0 spiro atoms. The molecule has 0 aromatic carbocycles. The molecule has 29 heavy (non-hydrogen) atoms. The van der Waals surface area contributed by atoms with Crippen LogP contribution in [0.25, 0.3) is 0 Å². The van der Waals surface area contributed by atoms with E-state index in [9.17, 15) is 14.4 Å². The zero-order chi connectivity index (χ0) is 21.1. The van der Waals surface area contributed by atoms with E-state index in [0.717, 1.165) is 32.1 Å². The summed E-state index contributed by atoms with van der Waals surface area (Å²) in [4.78, 5) is 36.6. The van der Waals surface area contributed by atoms with Gasteiger partial charge in [-0.05, 0) is 61.7 Å². The van der Waals surface area contributed by atoms with Crippen molar-refractivity contribution in [1.82, 2.24) is 0 Å². The fourth-order valence-corrected chi connectivity index (χ4v) is 8.72. The molecule has 4 aliphatic rings. The van der Waals surface area contributed by atoms with Crippen molar-refractivity contribution in [3.8, 4) is 0 Å². The number of hydrogen-bond donors (Lipinski definition) is 0. The second kappa shape index (κ2) is 7.35. The van der Waals surface area contributed by atoms with Gasteiger partial charge in [0.25, 0.3) is 0 Å². The summed E-state index contributed by atoms with van der Waals surface area (Å²) in [6, 6.07) is 0. The minimum atomic E-state index is -0.278. The Bertz CT molecular complexity index is 722. The van der Waals surface area contributed by atoms with E-state index >= 15 is 0 Å². The Hall–Kier alpha value is -0.910. The molecule has 0 saturated heterocycles. The first-order valence-electron chi connectivity index (χ1n) is 11.1. The van der Waals surface area contributed by atoms with Crippen molar-refractivity contribution in [1.29, 1.82) is 0 Å². The van der Waals surface area contributed by atoms with Gasteiger partial charge >= 0.3 is 11.9 Å². The second-order valence-electron chi connectivity index (χ2n) is 10.4. The molecule has 0 bridgehead atoms. The highest BCUT2D eigenvalue weighted by Gasteiger charge is 2.64. The fraction of sp³-hybridized carbons (Fsp3) is 0.870. The Kier molecular flexibility index (Phi) is 5.40. The topological polar surface area (TPSA) is 69.7 Å². The third-order valence-electron chi connectivity index (χ3n) is 8.95. The van der Waals surface area contributed by atoms with Gasteiger partial charge in [0.05, 0.1) is 4.83 Å². The summed E-state index contributed by atoms with van der Waals surface area (Å²) in [5, 5.41) is 0. The number of fused-ring (bicyclic) bond motifs is 5. The van der Waals surface area contributed by atoms with Crippen molar-refractivity contribution in [2.24, 2.45) is 34.5 Å². The quantitative estimate of drug-likeness (QED) is 0.442. The van der Waals surface area contributed by atoms with E-state index in [1.54, 1.807) is 0 Å². The molecule has 0 aromatic rings. The summed E-state index contributed by atoms with van der Waals surface area (Å²) in [6.45, 7) is 7.51. The van der Waals surface area contributed by atoms with Crippen LogP contribution in [0, 0.1) is 34.5 Å². The lowest BCUT2D eigenvalue weighted by Crippen LogP contribution is -2.59. The summed E-state index contributed by atoms with van der Waals surface area (Å²) < 4.78 is 11.2. The van der Waals surface area contributed by atoms with Crippen molar-refractivity contribution in [2.45, 2.75) is 89.7 Å². The Morgan fingerprint density at radius 1 is 1.00 bits per heavy atom. The fourth-order valence-electron chi connectivity index (χ4n) is 7.70. The Balaban J connectivity index is 1.59. The highest BCUT2D eigenvalue weighted by Crippen LogP contribution is 2.66. The van der Waals surface area contributed by atoms with Gasteiger partial charge in [-0.3, -0.25) is 14.4 Å². The molecular formula is C23H33BrO5. The van der Waals surface area contributed by atoms with Crippen LogP contribution in [0.1, 0.15) is 72.6 Å². The van der Waals surface area contributed by atoms with Crippen LogP contribution in [0.5, 0.6) is 0 Å². The van der Waals surface area contributed by atoms with Crippen LogP contribution in [-0.2, 0) is 23.9 Å². The Morgan fingerprint density at radius 2 is 1.66 bits per heavy atom. The average Bonchev–Trinajstić information content (AvgIpc) is 2.92. The van der Waals surface area contributed by atoms with Crippen molar-refractivity contribution in [3.63, 3.8) is 0 Å². The molecule has 9 unspecified atom stereocenters. The van der Waals surface area contributed by atoms with Crippen LogP contribution < -0.4 is 0 Å². The number of carbonyl (C=O) groups is 3. The monoisotopic (exact) mass is 468 g/mol. The predicted molar refractivity (Wildman–Crippen MR) is 111 cm³/mol. The number of carbonyl (C=O) groups excluding carboxylic acids is 3. The normalized spacial score (nSPS) is 48.9. The van der Waals surface area contributed by atoms with Crippen LogP contribution in [0.15, 0.2) is 0 Å². The third kappa shape index (κ3) is 3.37. The van der Waals surface area contributed by atoms with Crippen LogP contribution >= 0.6 is 15.9 Å². The molecule has 4 saturated carbocycles. The van der Waals surface area contributed by atoms with Crippen molar-refractivity contribution < 1.29 is 23.9 Å². The smallest absolute Gasteiger partial charge is 0.302 e. The zero-order valence-electron chi connectivity index (χ0n) is 17.9. The number of halogens is 1. The van der Waals surface area contributed by atoms with Gasteiger partial charge in [0, 0.05) is 31.6 Å². The molecular weight excluding hydrogens is 436 g/mol. The highest BCUT2D eigenvalue weighted by atomic mass is 79.9. The van der Waals surface area contributed by atoms with Gasteiger partial charge in [0.15, 0.2) is 0 Å². The molecule has 9 atom stereocenters. The molecule has 4 aliphatic carbocycles. The maximum Gasteiger partial charge on any atom is 0.302 e. The first-order chi connectivity index (χ1) is 13.6. The van der Waals surface area contributed by atoms with E-state index in [-0.39, 0.29) is 45.7 Å². The van der Waals surface area contributed by atoms with Gasteiger partial charge in [0.1, 0.15) is 18.0 Å². The molecule has 162 valence electrons. The molecule has 0 heterocycles. The van der Waals surface area contributed by atoms with E-state index in [0.29, 0.717) is 36.4 Å².